The van der Waals surface area contributed by atoms with Crippen molar-refractivity contribution in [3.8, 4) is 0 Å². The lowest BCUT2D eigenvalue weighted by Gasteiger charge is -2.14. The molecule has 0 saturated heterocycles. The van der Waals surface area contributed by atoms with E-state index in [2.05, 4.69) is 15.0 Å². The molecule has 0 fully saturated rings. The third-order valence-corrected chi connectivity index (χ3v) is 2.24. The summed E-state index contributed by atoms with van der Waals surface area (Å²) >= 11 is 0. The van der Waals surface area contributed by atoms with Crippen LogP contribution in [0.3, 0.4) is 0 Å². The van der Waals surface area contributed by atoms with Crippen molar-refractivity contribution in [1.82, 2.24) is 15.4 Å². The average Bonchev–Trinajstić information content (AvgIpc) is 2.84. The maximum Gasteiger partial charge on any atom is 0.374 e. The van der Waals surface area contributed by atoms with Crippen LogP contribution < -0.4 is 5.32 Å². The molecule has 0 unspecified atom stereocenters. The lowest BCUT2D eigenvalue weighted by molar-refractivity contribution is -0.120. The smallest absolute Gasteiger partial charge is 0.374 e. The quantitative estimate of drug-likeness (QED) is 0.738. The molecule has 1 aromatic rings. The van der Waals surface area contributed by atoms with Crippen molar-refractivity contribution in [2.45, 2.75) is 6.42 Å². The van der Waals surface area contributed by atoms with Gasteiger partial charge in [0.05, 0.1) is 0 Å². The summed E-state index contributed by atoms with van der Waals surface area (Å²) in [6, 6.07) is 1.04. The molecule has 18 heavy (non-hydrogen) atoms. The number of aromatic carboxylic acids is 1. The Morgan fingerprint density at radius 2 is 2.17 bits per heavy atom. The van der Waals surface area contributed by atoms with Gasteiger partial charge in [-0.3, -0.25) is 9.59 Å². The van der Waals surface area contributed by atoms with Crippen LogP contribution in [0, 0.1) is 0 Å². The molecule has 0 aromatic carbocycles. The van der Waals surface area contributed by atoms with E-state index in [1.54, 1.807) is 0 Å². The van der Waals surface area contributed by atoms with Crippen molar-refractivity contribution in [1.29, 1.82) is 0 Å². The molecule has 0 aliphatic carbocycles. The van der Waals surface area contributed by atoms with Crippen LogP contribution >= 0.6 is 0 Å². The minimum Gasteiger partial charge on any atom is -0.475 e. The fourth-order valence-corrected chi connectivity index (χ4v) is 1.17. The van der Waals surface area contributed by atoms with Gasteiger partial charge >= 0.3 is 5.97 Å². The van der Waals surface area contributed by atoms with E-state index < -0.39 is 17.6 Å². The van der Waals surface area contributed by atoms with Crippen LogP contribution in [0.5, 0.6) is 0 Å². The largest absolute Gasteiger partial charge is 0.475 e. The Balaban J connectivity index is 2.62. The number of aromatic nitrogens is 1. The maximum absolute atomic E-state index is 11.8. The highest BCUT2D eigenvalue weighted by molar-refractivity contribution is 5.94. The van der Waals surface area contributed by atoms with Gasteiger partial charge in [-0.05, 0) is 0 Å². The monoisotopic (exact) mass is 255 g/mol. The van der Waals surface area contributed by atoms with Crippen molar-refractivity contribution in [3.05, 3.63) is 17.5 Å². The van der Waals surface area contributed by atoms with Crippen LogP contribution in [0.25, 0.3) is 0 Å². The van der Waals surface area contributed by atoms with Crippen molar-refractivity contribution in [2.24, 2.45) is 0 Å². The Labute approximate surface area is 103 Å². The van der Waals surface area contributed by atoms with Gasteiger partial charge in [-0.1, -0.05) is 5.16 Å². The molecule has 0 aliphatic heterocycles. The van der Waals surface area contributed by atoms with Crippen molar-refractivity contribution < 1.29 is 24.0 Å². The summed E-state index contributed by atoms with van der Waals surface area (Å²) in [6.07, 6.45) is 0.155. The first kappa shape index (κ1) is 13.7. The van der Waals surface area contributed by atoms with Crippen LogP contribution in [0.2, 0.25) is 0 Å². The molecule has 8 nitrogen and oxygen atoms in total. The molecule has 2 N–H and O–H groups in total. The van der Waals surface area contributed by atoms with Crippen LogP contribution in [-0.2, 0) is 4.79 Å². The Kier molecular flexibility index (Phi) is 4.41. The zero-order valence-corrected chi connectivity index (χ0v) is 9.97. The Hall–Kier alpha value is -2.38. The molecule has 0 bridgehead atoms. The first-order valence-electron chi connectivity index (χ1n) is 5.11. The van der Waals surface area contributed by atoms with Crippen molar-refractivity contribution in [3.63, 3.8) is 0 Å². The number of nitrogens with zero attached hydrogens (tertiary/aromatic N) is 2. The molecule has 1 heterocycles. The summed E-state index contributed by atoms with van der Waals surface area (Å²) in [7, 11) is 2.99. The number of hydrogen-bond acceptors (Lipinski definition) is 5. The van der Waals surface area contributed by atoms with Crippen LogP contribution in [0.1, 0.15) is 27.5 Å². The maximum atomic E-state index is 11.8. The van der Waals surface area contributed by atoms with Gasteiger partial charge in [-0.25, -0.2) is 4.79 Å². The molecule has 0 radical (unpaired) electrons. The molecule has 0 aliphatic rings. The van der Waals surface area contributed by atoms with E-state index in [-0.39, 0.29) is 24.6 Å². The molecule has 1 rings (SSSR count). The topological polar surface area (TPSA) is 113 Å². The van der Waals surface area contributed by atoms with Crippen LogP contribution in [0.15, 0.2) is 10.6 Å². The van der Waals surface area contributed by atoms with Gasteiger partial charge in [-0.2, -0.15) is 0 Å². The van der Waals surface area contributed by atoms with Crippen molar-refractivity contribution in [2.75, 3.05) is 20.6 Å². The number of nitrogens with one attached hydrogen (secondary N) is 1. The summed E-state index contributed by atoms with van der Waals surface area (Å²) in [4.78, 5) is 34.6. The number of rotatable bonds is 5. The van der Waals surface area contributed by atoms with Gasteiger partial charge in [0.25, 0.3) is 5.91 Å². The molecule has 98 valence electrons. The molecule has 8 heteroatoms. The Morgan fingerprint density at radius 3 is 2.67 bits per heavy atom. The van der Waals surface area contributed by atoms with Gasteiger partial charge in [0, 0.05) is 33.1 Å². The van der Waals surface area contributed by atoms with E-state index in [0.717, 1.165) is 6.07 Å². The summed E-state index contributed by atoms with van der Waals surface area (Å²) in [6.45, 7) is 0.202. The third-order valence-electron chi connectivity index (χ3n) is 2.24. The molecule has 0 atom stereocenters. The summed E-state index contributed by atoms with van der Waals surface area (Å²) in [5, 5.41) is 14.4. The average molecular weight is 255 g/mol. The van der Waals surface area contributed by atoms with E-state index in [1.807, 2.05) is 0 Å². The van der Waals surface area contributed by atoms with Gasteiger partial charge in [-0.15, -0.1) is 0 Å². The minimum atomic E-state index is -1.30. The van der Waals surface area contributed by atoms with Gasteiger partial charge < -0.3 is 19.8 Å². The molecular weight excluding hydrogens is 242 g/mol. The second-order valence-electron chi connectivity index (χ2n) is 3.53. The third kappa shape index (κ3) is 3.30. The van der Waals surface area contributed by atoms with E-state index in [9.17, 15) is 14.4 Å². The highest BCUT2D eigenvalue weighted by atomic mass is 16.5. The molecular formula is C10H13N3O5. The molecule has 0 saturated carbocycles. The van der Waals surface area contributed by atoms with Crippen LogP contribution in [0.4, 0.5) is 0 Å². The fraction of sp³-hybridized carbons (Fsp3) is 0.400. The van der Waals surface area contributed by atoms with E-state index >= 15 is 0 Å². The number of amides is 2. The first-order valence-corrected chi connectivity index (χ1v) is 5.11. The van der Waals surface area contributed by atoms with Crippen LogP contribution in [-0.4, -0.2) is 53.6 Å². The highest BCUT2D eigenvalue weighted by Gasteiger charge is 2.19. The van der Waals surface area contributed by atoms with Crippen molar-refractivity contribution >= 4 is 17.8 Å². The predicted molar refractivity (Wildman–Crippen MR) is 59.1 cm³/mol. The number of carboxylic acids is 1. The van der Waals surface area contributed by atoms with Gasteiger partial charge in [0.15, 0.2) is 5.69 Å². The second kappa shape index (κ2) is 5.80. The van der Waals surface area contributed by atoms with E-state index in [0.29, 0.717) is 0 Å². The van der Waals surface area contributed by atoms with E-state index in [1.165, 1.54) is 19.0 Å². The lowest BCUT2D eigenvalue weighted by atomic mass is 10.3. The standard InChI is InChI=1S/C10H13N3O5/c1-11-8(14)3-4-13(2)9(15)6-5-7(10(16)17)18-12-6/h5H,3-4H2,1-2H3,(H,11,14)(H,16,17). The SMILES string of the molecule is CNC(=O)CCN(C)C(=O)c1cc(C(=O)O)on1. The summed E-state index contributed by atoms with van der Waals surface area (Å²) < 4.78 is 4.47. The normalized spacial score (nSPS) is 9.89. The molecule has 2 amide bonds. The van der Waals surface area contributed by atoms with Gasteiger partial charge in [0.2, 0.25) is 11.7 Å². The predicted octanol–water partition coefficient (Wildman–Crippen LogP) is -0.419. The Morgan fingerprint density at radius 1 is 1.50 bits per heavy atom. The molecule has 0 spiro atoms. The highest BCUT2D eigenvalue weighted by Crippen LogP contribution is 2.06. The zero-order valence-electron chi connectivity index (χ0n) is 9.97. The fourth-order valence-electron chi connectivity index (χ4n) is 1.17. The number of hydrogen-bond donors (Lipinski definition) is 2. The zero-order chi connectivity index (χ0) is 13.7. The number of carboxylic acid groups (broad SMARTS) is 1. The summed E-state index contributed by atoms with van der Waals surface area (Å²) in [5.74, 6) is -2.40. The Bertz CT molecular complexity index is 468. The van der Waals surface area contributed by atoms with Gasteiger partial charge in [0.1, 0.15) is 0 Å². The number of carbonyl (C=O) groups excluding carboxylic acids is 2. The minimum absolute atomic E-state index is 0.105. The van der Waals surface area contributed by atoms with E-state index in [4.69, 9.17) is 5.11 Å². The lowest BCUT2D eigenvalue weighted by Crippen LogP contribution is -2.31. The second-order valence-corrected chi connectivity index (χ2v) is 3.53. The number of carbonyl (C=O) groups is 3. The molecule has 1 aromatic heterocycles. The first-order chi connectivity index (χ1) is 8.45. The summed E-state index contributed by atoms with van der Waals surface area (Å²) in [5.41, 5.74) is -0.105.